The average molecular weight is 333 g/mol. The quantitative estimate of drug-likeness (QED) is 0.507. The third kappa shape index (κ3) is 4.61. The monoisotopic (exact) mass is 333 g/mol. The van der Waals surface area contributed by atoms with Crippen LogP contribution in [-0.2, 0) is 9.53 Å². The van der Waals surface area contributed by atoms with Gasteiger partial charge in [0.1, 0.15) is 5.82 Å². The van der Waals surface area contributed by atoms with Gasteiger partial charge in [-0.25, -0.2) is 9.18 Å². The number of rotatable bonds is 5. The van der Waals surface area contributed by atoms with E-state index in [2.05, 4.69) is 4.98 Å². The SMILES string of the molecule is O=C(/C=C/c1ccccc1)O[C@H](c1cccc(F)c1)c1ccccn1. The van der Waals surface area contributed by atoms with Crippen LogP contribution >= 0.6 is 0 Å². The molecule has 3 nitrogen and oxygen atoms in total. The van der Waals surface area contributed by atoms with E-state index < -0.39 is 17.9 Å². The minimum Gasteiger partial charge on any atom is -0.448 e. The van der Waals surface area contributed by atoms with Crippen LogP contribution in [0.5, 0.6) is 0 Å². The zero-order valence-corrected chi connectivity index (χ0v) is 13.4. The molecule has 1 aromatic heterocycles. The maximum absolute atomic E-state index is 13.6. The summed E-state index contributed by atoms with van der Waals surface area (Å²) in [6.07, 6.45) is 3.85. The van der Waals surface area contributed by atoms with Crippen molar-refractivity contribution in [2.45, 2.75) is 6.10 Å². The number of hydrogen-bond donors (Lipinski definition) is 0. The number of hydrogen-bond acceptors (Lipinski definition) is 3. The highest BCUT2D eigenvalue weighted by molar-refractivity contribution is 5.87. The lowest BCUT2D eigenvalue weighted by atomic mass is 10.1. The number of ether oxygens (including phenoxy) is 1. The molecule has 0 aliphatic heterocycles. The molecule has 4 heteroatoms. The fourth-order valence-electron chi connectivity index (χ4n) is 2.38. The Morgan fingerprint density at radius 3 is 2.52 bits per heavy atom. The summed E-state index contributed by atoms with van der Waals surface area (Å²) in [5.74, 6) is -0.918. The Morgan fingerprint density at radius 1 is 1.00 bits per heavy atom. The van der Waals surface area contributed by atoms with Crippen molar-refractivity contribution in [1.29, 1.82) is 0 Å². The van der Waals surface area contributed by atoms with Gasteiger partial charge >= 0.3 is 5.97 Å². The van der Waals surface area contributed by atoms with Crippen LogP contribution in [-0.4, -0.2) is 11.0 Å². The van der Waals surface area contributed by atoms with E-state index in [0.717, 1.165) is 5.56 Å². The second kappa shape index (κ2) is 8.02. The summed E-state index contributed by atoms with van der Waals surface area (Å²) in [5, 5.41) is 0. The summed E-state index contributed by atoms with van der Waals surface area (Å²) in [7, 11) is 0. The van der Waals surface area contributed by atoms with E-state index in [0.29, 0.717) is 11.3 Å². The second-order valence-corrected chi connectivity index (χ2v) is 5.37. The molecule has 0 saturated carbocycles. The number of pyridine rings is 1. The lowest BCUT2D eigenvalue weighted by Gasteiger charge is -2.17. The van der Waals surface area contributed by atoms with Gasteiger partial charge in [0, 0.05) is 17.8 Å². The van der Waals surface area contributed by atoms with Gasteiger partial charge in [0.05, 0.1) is 5.69 Å². The Bertz CT molecular complexity index is 863. The van der Waals surface area contributed by atoms with E-state index in [1.807, 2.05) is 30.3 Å². The highest BCUT2D eigenvalue weighted by Crippen LogP contribution is 2.25. The highest BCUT2D eigenvalue weighted by atomic mass is 19.1. The Balaban J connectivity index is 1.83. The fraction of sp³-hybridized carbons (Fsp3) is 0.0476. The van der Waals surface area contributed by atoms with Crippen molar-refractivity contribution in [1.82, 2.24) is 4.98 Å². The standard InChI is InChI=1S/C21H16FNO2/c22-18-10-6-9-17(15-18)21(19-11-4-5-14-23-19)25-20(24)13-12-16-7-2-1-3-8-16/h1-15,21H/b13-12+/t21-/m1/s1. The molecular formula is C21H16FNO2. The van der Waals surface area contributed by atoms with Crippen molar-refractivity contribution in [3.8, 4) is 0 Å². The van der Waals surface area contributed by atoms with Crippen molar-refractivity contribution < 1.29 is 13.9 Å². The fourth-order valence-corrected chi connectivity index (χ4v) is 2.38. The molecule has 1 heterocycles. The van der Waals surface area contributed by atoms with Gasteiger partial charge in [0.25, 0.3) is 0 Å². The first kappa shape index (κ1) is 16.6. The van der Waals surface area contributed by atoms with Gasteiger partial charge in [0.15, 0.2) is 6.10 Å². The molecule has 0 radical (unpaired) electrons. The Kier molecular flexibility index (Phi) is 5.32. The summed E-state index contributed by atoms with van der Waals surface area (Å²) in [6, 6.07) is 20.7. The molecule has 25 heavy (non-hydrogen) atoms. The lowest BCUT2D eigenvalue weighted by Crippen LogP contribution is -2.12. The van der Waals surface area contributed by atoms with Gasteiger partial charge in [-0.15, -0.1) is 0 Å². The maximum atomic E-state index is 13.6. The molecule has 0 amide bonds. The van der Waals surface area contributed by atoms with Gasteiger partial charge in [0.2, 0.25) is 0 Å². The highest BCUT2D eigenvalue weighted by Gasteiger charge is 2.19. The van der Waals surface area contributed by atoms with Crippen molar-refractivity contribution >= 4 is 12.0 Å². The first-order valence-electron chi connectivity index (χ1n) is 7.82. The molecule has 124 valence electrons. The third-order valence-corrected chi connectivity index (χ3v) is 3.55. The Morgan fingerprint density at radius 2 is 1.80 bits per heavy atom. The number of carbonyl (C=O) groups is 1. The van der Waals surface area contributed by atoms with Crippen molar-refractivity contribution in [3.05, 3.63) is 108 Å². The minimum atomic E-state index is -0.773. The largest absolute Gasteiger partial charge is 0.448 e. The molecule has 0 bridgehead atoms. The molecule has 1 atom stereocenters. The molecule has 0 saturated heterocycles. The predicted octanol–water partition coefficient (Wildman–Crippen LogP) is 4.57. The van der Waals surface area contributed by atoms with E-state index in [1.165, 1.54) is 18.2 Å². The smallest absolute Gasteiger partial charge is 0.331 e. The van der Waals surface area contributed by atoms with Gasteiger partial charge in [-0.2, -0.15) is 0 Å². The van der Waals surface area contributed by atoms with Gasteiger partial charge in [-0.3, -0.25) is 4.98 Å². The molecule has 0 aliphatic rings. The maximum Gasteiger partial charge on any atom is 0.331 e. The number of carbonyl (C=O) groups excluding carboxylic acids is 1. The predicted molar refractivity (Wildman–Crippen MR) is 94.0 cm³/mol. The molecule has 0 unspecified atom stereocenters. The zero-order chi connectivity index (χ0) is 17.5. The van der Waals surface area contributed by atoms with E-state index in [9.17, 15) is 9.18 Å². The summed E-state index contributed by atoms with van der Waals surface area (Å²) in [4.78, 5) is 16.5. The molecule has 3 rings (SSSR count). The van der Waals surface area contributed by atoms with E-state index in [1.54, 1.807) is 42.6 Å². The van der Waals surface area contributed by atoms with Crippen LogP contribution in [0.1, 0.15) is 22.9 Å². The molecule has 3 aromatic rings. The molecule has 0 spiro atoms. The second-order valence-electron chi connectivity index (χ2n) is 5.37. The Labute approximate surface area is 145 Å². The number of aromatic nitrogens is 1. The first-order chi connectivity index (χ1) is 12.2. The van der Waals surface area contributed by atoms with Crippen molar-refractivity contribution in [2.75, 3.05) is 0 Å². The van der Waals surface area contributed by atoms with Crippen LogP contribution in [0.2, 0.25) is 0 Å². The van der Waals surface area contributed by atoms with Crippen LogP contribution in [0.25, 0.3) is 6.08 Å². The molecule has 2 aromatic carbocycles. The van der Waals surface area contributed by atoms with Crippen LogP contribution in [0.15, 0.2) is 85.1 Å². The summed E-state index contributed by atoms with van der Waals surface area (Å²) in [5.41, 5.74) is 1.95. The molecule has 0 N–H and O–H groups in total. The van der Waals surface area contributed by atoms with Crippen LogP contribution < -0.4 is 0 Å². The summed E-state index contributed by atoms with van der Waals surface area (Å²) < 4.78 is 19.1. The van der Waals surface area contributed by atoms with E-state index in [-0.39, 0.29) is 0 Å². The average Bonchev–Trinajstić information content (AvgIpc) is 2.66. The molecule has 0 fully saturated rings. The Hall–Kier alpha value is -3.27. The number of halogens is 1. The van der Waals surface area contributed by atoms with Crippen LogP contribution in [0, 0.1) is 5.82 Å². The van der Waals surface area contributed by atoms with Gasteiger partial charge < -0.3 is 4.74 Å². The van der Waals surface area contributed by atoms with E-state index >= 15 is 0 Å². The van der Waals surface area contributed by atoms with Crippen LogP contribution in [0.3, 0.4) is 0 Å². The van der Waals surface area contributed by atoms with Crippen molar-refractivity contribution in [3.63, 3.8) is 0 Å². The summed E-state index contributed by atoms with van der Waals surface area (Å²) >= 11 is 0. The number of benzene rings is 2. The number of nitrogens with zero attached hydrogens (tertiary/aromatic N) is 1. The summed E-state index contributed by atoms with van der Waals surface area (Å²) in [6.45, 7) is 0. The zero-order valence-electron chi connectivity index (χ0n) is 13.4. The first-order valence-corrected chi connectivity index (χ1v) is 7.82. The third-order valence-electron chi connectivity index (χ3n) is 3.55. The molecule has 0 aliphatic carbocycles. The molecular weight excluding hydrogens is 317 g/mol. The van der Waals surface area contributed by atoms with Crippen LogP contribution in [0.4, 0.5) is 4.39 Å². The van der Waals surface area contributed by atoms with Crippen molar-refractivity contribution in [2.24, 2.45) is 0 Å². The van der Waals surface area contributed by atoms with Gasteiger partial charge in [-0.1, -0.05) is 48.5 Å². The normalized spacial score (nSPS) is 12.0. The topological polar surface area (TPSA) is 39.2 Å². The number of esters is 1. The lowest BCUT2D eigenvalue weighted by molar-refractivity contribution is -0.141. The van der Waals surface area contributed by atoms with Gasteiger partial charge in [-0.05, 0) is 35.9 Å². The minimum absolute atomic E-state index is 0.394. The van der Waals surface area contributed by atoms with E-state index in [4.69, 9.17) is 4.74 Å².